The number of aryl methyl sites for hydroxylation is 2. The number of aromatic nitrogens is 4. The average Bonchev–Trinajstić information content (AvgIpc) is 2.46. The minimum atomic E-state index is -0.546. The highest BCUT2D eigenvalue weighted by molar-refractivity contribution is 5.59. The van der Waals surface area contributed by atoms with Gasteiger partial charge >= 0.3 is 0 Å². The number of hydrogen-bond donors (Lipinski definition) is 1. The molecule has 0 saturated carbocycles. The van der Waals surface area contributed by atoms with Gasteiger partial charge in [0, 0.05) is 13.2 Å². The molecule has 0 spiro atoms. The van der Waals surface area contributed by atoms with Crippen LogP contribution in [0.1, 0.15) is 5.82 Å². The van der Waals surface area contributed by atoms with Crippen molar-refractivity contribution in [1.29, 1.82) is 0 Å². The molecule has 0 aliphatic carbocycles. The van der Waals surface area contributed by atoms with E-state index in [1.54, 1.807) is 26.2 Å². The molecule has 2 N–H and O–H groups in total. The van der Waals surface area contributed by atoms with Gasteiger partial charge < -0.3 is 5.73 Å². The topological polar surface area (TPSA) is 69.6 Å². The maximum Gasteiger partial charge on any atom is 0.194 e. The maximum atomic E-state index is 13.6. The third-order valence-electron chi connectivity index (χ3n) is 2.05. The standard InChI is InChI=1S/C9H10FN5/c1-5-12-4-3-6(13-5)8-7(10)9(11)15(2)14-8/h3-4H,11H2,1-2H3. The molecule has 0 bridgehead atoms. The van der Waals surface area contributed by atoms with E-state index in [1.165, 1.54) is 4.68 Å². The molecule has 5 nitrogen and oxygen atoms in total. The van der Waals surface area contributed by atoms with Crippen molar-refractivity contribution in [2.75, 3.05) is 5.73 Å². The van der Waals surface area contributed by atoms with Gasteiger partial charge in [0.1, 0.15) is 11.5 Å². The Morgan fingerprint density at radius 2 is 2.20 bits per heavy atom. The van der Waals surface area contributed by atoms with Gasteiger partial charge in [-0.15, -0.1) is 0 Å². The molecule has 0 saturated heterocycles. The van der Waals surface area contributed by atoms with Gasteiger partial charge in [-0.1, -0.05) is 0 Å². The van der Waals surface area contributed by atoms with Crippen LogP contribution >= 0.6 is 0 Å². The normalized spacial score (nSPS) is 10.6. The number of nitrogens with zero attached hydrogens (tertiary/aromatic N) is 4. The Balaban J connectivity index is 2.59. The van der Waals surface area contributed by atoms with Gasteiger partial charge in [-0.05, 0) is 13.0 Å². The van der Waals surface area contributed by atoms with Crippen molar-refractivity contribution in [2.45, 2.75) is 6.92 Å². The van der Waals surface area contributed by atoms with Crippen LogP contribution in [0.15, 0.2) is 12.3 Å². The Bertz CT molecular complexity index is 505. The molecule has 0 radical (unpaired) electrons. The molecule has 2 aromatic rings. The number of rotatable bonds is 1. The summed E-state index contributed by atoms with van der Waals surface area (Å²) in [5.74, 6) is 0.0213. The van der Waals surface area contributed by atoms with Crippen LogP contribution in [0, 0.1) is 12.7 Å². The molecule has 0 aliphatic rings. The van der Waals surface area contributed by atoms with Crippen LogP contribution in [-0.2, 0) is 7.05 Å². The predicted molar refractivity (Wildman–Crippen MR) is 53.3 cm³/mol. The highest BCUT2D eigenvalue weighted by Gasteiger charge is 2.16. The van der Waals surface area contributed by atoms with Crippen LogP contribution in [0.25, 0.3) is 11.4 Å². The molecule has 0 aromatic carbocycles. The van der Waals surface area contributed by atoms with Crippen molar-refractivity contribution in [3.63, 3.8) is 0 Å². The van der Waals surface area contributed by atoms with E-state index < -0.39 is 5.82 Å². The largest absolute Gasteiger partial charge is 0.381 e. The minimum absolute atomic E-state index is 0.00117. The van der Waals surface area contributed by atoms with E-state index in [9.17, 15) is 4.39 Å². The van der Waals surface area contributed by atoms with Crippen LogP contribution in [0.5, 0.6) is 0 Å². The SMILES string of the molecule is Cc1nccc(-c2nn(C)c(N)c2F)n1. The lowest BCUT2D eigenvalue weighted by Gasteiger charge is -1.96. The van der Waals surface area contributed by atoms with E-state index in [0.29, 0.717) is 11.5 Å². The van der Waals surface area contributed by atoms with Gasteiger partial charge in [0.05, 0.1) is 5.69 Å². The molecular formula is C9H10FN5. The summed E-state index contributed by atoms with van der Waals surface area (Å²) >= 11 is 0. The summed E-state index contributed by atoms with van der Waals surface area (Å²) in [7, 11) is 1.58. The van der Waals surface area contributed by atoms with E-state index in [0.717, 1.165) is 0 Å². The average molecular weight is 207 g/mol. The molecule has 2 aromatic heterocycles. The zero-order chi connectivity index (χ0) is 11.0. The van der Waals surface area contributed by atoms with Crippen molar-refractivity contribution in [2.24, 2.45) is 7.05 Å². The van der Waals surface area contributed by atoms with Crippen molar-refractivity contribution in [1.82, 2.24) is 19.7 Å². The minimum Gasteiger partial charge on any atom is -0.381 e. The molecule has 2 rings (SSSR count). The van der Waals surface area contributed by atoms with Gasteiger partial charge in [0.15, 0.2) is 11.6 Å². The fraction of sp³-hybridized carbons (Fsp3) is 0.222. The van der Waals surface area contributed by atoms with Crippen LogP contribution in [0.2, 0.25) is 0 Å². The van der Waals surface area contributed by atoms with Crippen LogP contribution < -0.4 is 5.73 Å². The summed E-state index contributed by atoms with van der Waals surface area (Å²) in [6.07, 6.45) is 1.56. The first-order valence-electron chi connectivity index (χ1n) is 4.37. The number of anilines is 1. The Kier molecular flexibility index (Phi) is 2.11. The lowest BCUT2D eigenvalue weighted by molar-refractivity contribution is 0.633. The molecular weight excluding hydrogens is 197 g/mol. The van der Waals surface area contributed by atoms with E-state index in [1.807, 2.05) is 0 Å². The third kappa shape index (κ3) is 1.54. The first-order valence-corrected chi connectivity index (χ1v) is 4.37. The highest BCUT2D eigenvalue weighted by atomic mass is 19.1. The second-order valence-electron chi connectivity index (χ2n) is 3.16. The molecule has 15 heavy (non-hydrogen) atoms. The second-order valence-corrected chi connectivity index (χ2v) is 3.16. The maximum absolute atomic E-state index is 13.6. The summed E-state index contributed by atoms with van der Waals surface area (Å²) in [5, 5.41) is 3.95. The Morgan fingerprint density at radius 3 is 2.73 bits per heavy atom. The monoisotopic (exact) mass is 207 g/mol. The first-order chi connectivity index (χ1) is 7.09. The summed E-state index contributed by atoms with van der Waals surface area (Å²) in [5.41, 5.74) is 6.05. The summed E-state index contributed by atoms with van der Waals surface area (Å²) in [6, 6.07) is 1.60. The quantitative estimate of drug-likeness (QED) is 0.754. The number of halogens is 1. The third-order valence-corrected chi connectivity index (χ3v) is 2.05. The first kappa shape index (κ1) is 9.57. The van der Waals surface area contributed by atoms with Gasteiger partial charge in [-0.3, -0.25) is 0 Å². The molecule has 78 valence electrons. The fourth-order valence-corrected chi connectivity index (χ4v) is 1.26. The Labute approximate surface area is 85.8 Å². The molecule has 0 unspecified atom stereocenters. The smallest absolute Gasteiger partial charge is 0.194 e. The number of nitrogen functional groups attached to an aromatic ring is 1. The summed E-state index contributed by atoms with van der Waals surface area (Å²) < 4.78 is 14.9. The second kappa shape index (κ2) is 3.30. The van der Waals surface area contributed by atoms with Gasteiger partial charge in [-0.2, -0.15) is 5.10 Å². The number of hydrogen-bond acceptors (Lipinski definition) is 4. The van der Waals surface area contributed by atoms with E-state index in [2.05, 4.69) is 15.1 Å². The van der Waals surface area contributed by atoms with Crippen LogP contribution in [0.4, 0.5) is 10.2 Å². The predicted octanol–water partition coefficient (Wildman–Crippen LogP) is 0.907. The number of nitrogens with two attached hydrogens (primary N) is 1. The summed E-state index contributed by atoms with van der Waals surface area (Å²) in [4.78, 5) is 8.00. The Hall–Kier alpha value is -1.98. The van der Waals surface area contributed by atoms with Gasteiger partial charge in [0.25, 0.3) is 0 Å². The van der Waals surface area contributed by atoms with Gasteiger partial charge in [0.2, 0.25) is 0 Å². The molecule has 0 fully saturated rings. The molecule has 6 heteroatoms. The molecule has 2 heterocycles. The zero-order valence-electron chi connectivity index (χ0n) is 8.40. The molecule has 0 atom stereocenters. The van der Waals surface area contributed by atoms with Crippen molar-refractivity contribution < 1.29 is 4.39 Å². The van der Waals surface area contributed by atoms with Crippen molar-refractivity contribution in [3.8, 4) is 11.4 Å². The Morgan fingerprint density at radius 1 is 1.47 bits per heavy atom. The fourth-order valence-electron chi connectivity index (χ4n) is 1.26. The molecule has 0 amide bonds. The lowest BCUT2D eigenvalue weighted by Crippen LogP contribution is -1.97. The van der Waals surface area contributed by atoms with Crippen molar-refractivity contribution in [3.05, 3.63) is 23.9 Å². The molecule has 0 aliphatic heterocycles. The zero-order valence-corrected chi connectivity index (χ0v) is 8.40. The van der Waals surface area contributed by atoms with Crippen LogP contribution in [-0.4, -0.2) is 19.7 Å². The van der Waals surface area contributed by atoms with E-state index in [4.69, 9.17) is 5.73 Å². The van der Waals surface area contributed by atoms with Crippen molar-refractivity contribution >= 4 is 5.82 Å². The lowest BCUT2D eigenvalue weighted by atomic mass is 10.3. The van der Waals surface area contributed by atoms with E-state index in [-0.39, 0.29) is 11.5 Å². The van der Waals surface area contributed by atoms with Crippen LogP contribution in [0.3, 0.4) is 0 Å². The highest BCUT2D eigenvalue weighted by Crippen LogP contribution is 2.22. The summed E-state index contributed by atoms with van der Waals surface area (Å²) in [6.45, 7) is 1.73. The van der Waals surface area contributed by atoms with E-state index >= 15 is 0 Å². The van der Waals surface area contributed by atoms with Gasteiger partial charge in [-0.25, -0.2) is 19.0 Å².